The Kier molecular flexibility index (Phi) is 47.4. The first-order valence-corrected chi connectivity index (χ1v) is 57.0. The van der Waals surface area contributed by atoms with Gasteiger partial charge < -0.3 is 45.1 Å². The van der Waals surface area contributed by atoms with Crippen LogP contribution in [0.2, 0.25) is 36.9 Å². The van der Waals surface area contributed by atoms with Crippen LogP contribution in [-0.2, 0) is 102 Å². The van der Waals surface area contributed by atoms with Crippen LogP contribution in [0, 0.1) is 64.7 Å². The quantitative estimate of drug-likeness (QED) is 0.0247. The number of aryl methyl sites for hydroxylation is 4. The number of aliphatic hydroxyl groups is 3. The molecule has 142 heavy (non-hydrogen) atoms. The van der Waals surface area contributed by atoms with Crippen molar-refractivity contribution in [3.05, 3.63) is 428 Å². The van der Waals surface area contributed by atoms with Gasteiger partial charge in [0.2, 0.25) is 0 Å². The zero-order valence-corrected chi connectivity index (χ0v) is 96.2. The minimum absolute atomic E-state index is 0. The SMILES string of the molecule is C.CC(=O)C=C(C)O.CC(=O)C=C(C)O.CC(=O)C=C(C)O.C[Si](C)(C)c1cc(-c2[c-]cccc2)ncc1-c1ccccc1.Cc1[c-]c(-c2nccc3c(C(C)C)cc(C(C)C)cc23)cc(C)c1.Cc1cccnc1-c1[c-]cccc1.Cc1cnc2c3[c-]cccc3c3ccccc3c2n1.[CH3][Ge]([CH3])([CH3])[c]1ccc2[n+](c1)Cc1ccccc1-2.[Ir].[Ir].[Ir].[Pt+2].[c-]1ccccc1N1[CH-]N(c2ccccc2)c2ccccc21. The zero-order chi connectivity index (χ0) is 98.6. The molecule has 0 fully saturated rings. The molecule has 0 atom stereocenters. The van der Waals surface area contributed by atoms with E-state index in [1.165, 1.54) is 148 Å². The standard InChI is InChI=1S/C23H26N.C20H20NSi.C19H14N2.C17H11N2.C15H18GeN.C12H10N.3C5H8O2.CH4.3Ir.Pt/c1-14(2)18-12-21(15(3)4)20-7-8-24-23(22(20)13-18)19-10-16(5)9-17(6)11-19;1-22(2,3)20-14-19(17-12-8-5-9-13-17)21-15-18(20)16-10-6-4-7-11-16;1-3-9-16(10-4-1)20-15-21(17-11-5-2-6-12-17)19-14-8-7-13-18(19)20;1-11-10-18-16-14-8-4-2-6-12(14)13-7-3-5-9-15(13)17(16)19-11;1-16(2,3)13-8-9-15-14-7-5-4-6-12(14)10-17(15)11-13;1-10-6-5-9-13-12(10)11-7-3-2-4-8-11;3*1-4(6)3-5(2)7;;;;;/h7-10,12-15H,1-6H3;4-12,14-15H,1-3H3;1-11,13-15H;2-7,9-10H,1H3;4-9,11H,10H2,1-3H3;2-7,9H,1H3;3*3,6H,1-2H3;1H4;;;;/q2*-1;-2;-1;+1;-1;;;;;;;;+2. The minimum Gasteiger partial charge on any atom is -0.493 e. The van der Waals surface area contributed by atoms with Crippen molar-refractivity contribution in [3.63, 3.8) is 0 Å². The van der Waals surface area contributed by atoms with Gasteiger partial charge in [-0.25, -0.2) is 0 Å². The van der Waals surface area contributed by atoms with Crippen LogP contribution in [0.4, 0.5) is 22.7 Å². The number of ketones is 3. The third-order valence-corrected chi connectivity index (χ3v) is 28.5. The van der Waals surface area contributed by atoms with E-state index in [-0.39, 0.29) is 123 Å². The Balaban J connectivity index is 0.000000250. The molecule has 19 rings (SSSR count). The average molecular weight is 2670 g/mol. The molecule has 7 heterocycles. The molecule has 2 aliphatic heterocycles. The average Bonchev–Trinajstić information content (AvgIpc) is 1.13. The van der Waals surface area contributed by atoms with Crippen molar-refractivity contribution in [2.45, 2.75) is 160 Å². The van der Waals surface area contributed by atoms with Crippen molar-refractivity contribution < 1.29 is 116 Å². The second-order valence-electron chi connectivity index (χ2n) is 36.5. The van der Waals surface area contributed by atoms with Crippen LogP contribution in [0.15, 0.2) is 352 Å². The van der Waals surface area contributed by atoms with E-state index in [4.69, 9.17) is 25.3 Å². The van der Waals surface area contributed by atoms with Crippen LogP contribution in [-0.4, -0.2) is 78.9 Å². The summed E-state index contributed by atoms with van der Waals surface area (Å²) >= 11 is -1.70. The second kappa shape index (κ2) is 56.7. The summed E-state index contributed by atoms with van der Waals surface area (Å²) in [6.07, 6.45) is 13.5. The minimum atomic E-state index is -1.70. The Morgan fingerprint density at radius 2 is 1.03 bits per heavy atom. The summed E-state index contributed by atoms with van der Waals surface area (Å²) in [6, 6.07) is 115. The molecule has 2 aliphatic rings. The summed E-state index contributed by atoms with van der Waals surface area (Å²) in [4.78, 5) is 57.4. The van der Waals surface area contributed by atoms with Crippen LogP contribution >= 0.6 is 0 Å². The van der Waals surface area contributed by atoms with Gasteiger partial charge in [-0.15, -0.1) is 149 Å². The van der Waals surface area contributed by atoms with Crippen LogP contribution in [0.25, 0.3) is 99.5 Å². The molecule has 0 amide bonds. The van der Waals surface area contributed by atoms with Crippen molar-refractivity contribution in [1.82, 2.24) is 24.9 Å². The molecule has 0 unspecified atom stereocenters. The number of carbonyl (C=O) groups excluding carboxylic acids is 3. The van der Waals surface area contributed by atoms with Gasteiger partial charge >= 0.3 is 127 Å². The van der Waals surface area contributed by atoms with Crippen molar-refractivity contribution in [2.24, 2.45) is 0 Å². The van der Waals surface area contributed by atoms with Crippen molar-refractivity contribution in [1.29, 1.82) is 0 Å². The first-order chi connectivity index (χ1) is 65.5. The number of aromatic nitrogens is 6. The number of fused-ring (bicyclic) bond motifs is 11. The third-order valence-electron chi connectivity index (χ3n) is 22.2. The van der Waals surface area contributed by atoms with Gasteiger partial charge in [-0.3, -0.25) is 19.4 Å². The van der Waals surface area contributed by atoms with E-state index < -0.39 is 21.3 Å². The molecular weight excluding hydrogens is 2550 g/mol. The number of hydrogen-bond donors (Lipinski definition) is 3. The molecule has 0 bridgehead atoms. The van der Waals surface area contributed by atoms with Gasteiger partial charge in [0, 0.05) is 126 Å². The Hall–Kier alpha value is -12.0. The number of aliphatic hydroxyl groups excluding tert-OH is 3. The number of rotatable bonds is 13. The number of para-hydroxylation sites is 4. The summed E-state index contributed by atoms with van der Waals surface area (Å²) in [6.45, 7) is 36.2. The Morgan fingerprint density at radius 1 is 0.479 bits per heavy atom. The zero-order valence-electron chi connectivity index (χ0n) is 83.7. The number of anilines is 4. The predicted octanol–water partition coefficient (Wildman–Crippen LogP) is 29.4. The van der Waals surface area contributed by atoms with Crippen LogP contribution < -0.4 is 23.9 Å². The van der Waals surface area contributed by atoms with Crippen LogP contribution in [0.5, 0.6) is 0 Å². The molecule has 0 aliphatic carbocycles. The molecule has 5 aromatic heterocycles. The predicted molar refractivity (Wildman–Crippen MR) is 581 cm³/mol. The monoisotopic (exact) mass is 2680 g/mol. The maximum Gasteiger partial charge on any atom is 2.00 e. The Morgan fingerprint density at radius 3 is 1.58 bits per heavy atom. The first-order valence-electron chi connectivity index (χ1n) is 46.1. The number of hydrogen-bond acceptors (Lipinski definition) is 13. The summed E-state index contributed by atoms with van der Waals surface area (Å²) in [5.74, 6) is 8.15. The summed E-state index contributed by atoms with van der Waals surface area (Å²) in [5, 5.41) is 33.7. The fourth-order valence-corrected chi connectivity index (χ4v) is 19.9. The molecule has 3 N–H and O–H groups in total. The van der Waals surface area contributed by atoms with Crippen molar-refractivity contribution in [3.8, 4) is 56.2 Å². The molecule has 0 saturated heterocycles. The van der Waals surface area contributed by atoms with E-state index in [9.17, 15) is 14.4 Å². The van der Waals surface area contributed by atoms with Gasteiger partial charge in [-0.2, -0.15) is 30.3 Å². The van der Waals surface area contributed by atoms with E-state index >= 15 is 0 Å². The molecule has 14 nitrogen and oxygen atoms in total. The first kappa shape index (κ1) is 119. The number of pyridine rings is 4. The second-order valence-corrected chi connectivity index (χ2v) is 52.2. The normalized spacial score (nSPS) is 11.4. The Labute approximate surface area is 899 Å². The van der Waals surface area contributed by atoms with E-state index in [1.54, 1.807) is 4.40 Å². The van der Waals surface area contributed by atoms with Gasteiger partial charge in [-0.1, -0.05) is 199 Å². The van der Waals surface area contributed by atoms with Crippen molar-refractivity contribution in [2.75, 3.05) is 9.80 Å². The Bertz CT molecular complexity index is 6930. The van der Waals surface area contributed by atoms with E-state index in [1.807, 2.05) is 123 Å². The number of allylic oxidation sites excluding steroid dienone is 6. The number of benzene rings is 12. The van der Waals surface area contributed by atoms with Gasteiger partial charge in [0.1, 0.15) is 0 Å². The summed E-state index contributed by atoms with van der Waals surface area (Å²) in [7, 11) is -1.48. The van der Waals surface area contributed by atoms with E-state index in [2.05, 4.69) is 352 Å². The van der Waals surface area contributed by atoms with Crippen LogP contribution in [0.3, 0.4) is 0 Å². The third kappa shape index (κ3) is 33.6. The van der Waals surface area contributed by atoms with Gasteiger partial charge in [0.15, 0.2) is 17.3 Å². The van der Waals surface area contributed by atoms with Crippen molar-refractivity contribution >= 4 is 114 Å². The molecule has 17 aromatic rings. The topological polar surface area (TPSA) is 187 Å². The molecule has 0 saturated carbocycles. The molecule has 0 spiro atoms. The molecule has 739 valence electrons. The summed E-state index contributed by atoms with van der Waals surface area (Å²) < 4.78 is 4.00. The van der Waals surface area contributed by atoms with Gasteiger partial charge in [0.05, 0.1) is 36.6 Å². The smallest absolute Gasteiger partial charge is 0.493 e. The maximum absolute atomic E-state index is 10.0. The van der Waals surface area contributed by atoms with Gasteiger partial charge in [0.25, 0.3) is 0 Å². The van der Waals surface area contributed by atoms with E-state index in [0.29, 0.717) is 11.8 Å². The molecular formula is C122H127GeIr3N8O6PtSi-3. The van der Waals surface area contributed by atoms with Crippen LogP contribution in [0.1, 0.15) is 128 Å². The fourth-order valence-electron chi connectivity index (χ4n) is 15.9. The van der Waals surface area contributed by atoms with E-state index in [0.717, 1.165) is 84.8 Å². The summed E-state index contributed by atoms with van der Waals surface area (Å²) in [5.41, 5.74) is 26.8. The molecule has 20 heteroatoms. The number of carbonyl (C=O) groups is 3. The maximum atomic E-state index is 10.0. The molecule has 12 aromatic carbocycles. The molecule has 3 radical (unpaired) electrons. The largest absolute Gasteiger partial charge is 2.00 e. The fraction of sp³-hybridized carbons (Fsp3) is 0.197. The van der Waals surface area contributed by atoms with Gasteiger partial charge in [-0.05, 0) is 159 Å². The number of nitrogens with zero attached hydrogens (tertiary/aromatic N) is 8.